The fourth-order valence-electron chi connectivity index (χ4n) is 1.97. The minimum Gasteiger partial charge on any atom is -0.384 e. The number of benzene rings is 2. The first kappa shape index (κ1) is 18.3. The maximum Gasteiger partial charge on any atom is 0.416 e. The number of alkyl halides is 3. The molecule has 2 rings (SSSR count). The molecule has 0 aliphatic heterocycles. The lowest BCUT2D eigenvalue weighted by Gasteiger charge is -2.10. The molecular formula is C16H17F3N2O2S. The minimum atomic E-state index is -4.37. The summed E-state index contributed by atoms with van der Waals surface area (Å²) in [6.07, 6.45) is -4.37. The predicted molar refractivity (Wildman–Crippen MR) is 86.3 cm³/mol. The zero-order chi connectivity index (χ0) is 17.8. The van der Waals surface area contributed by atoms with Gasteiger partial charge in [0.15, 0.2) is 0 Å². The van der Waals surface area contributed by atoms with E-state index in [0.717, 1.165) is 17.7 Å². The summed E-state index contributed by atoms with van der Waals surface area (Å²) < 4.78 is 63.9. The fourth-order valence-corrected chi connectivity index (χ4v) is 3.00. The third kappa shape index (κ3) is 4.97. The number of nitrogens with one attached hydrogen (secondary N) is 2. The molecule has 130 valence electrons. The lowest BCUT2D eigenvalue weighted by Crippen LogP contribution is -2.28. The van der Waals surface area contributed by atoms with Crippen molar-refractivity contribution in [3.8, 4) is 0 Å². The van der Waals surface area contributed by atoms with Gasteiger partial charge in [0.25, 0.3) is 0 Å². The number of rotatable bonds is 6. The van der Waals surface area contributed by atoms with Gasteiger partial charge < -0.3 is 5.32 Å². The van der Waals surface area contributed by atoms with E-state index in [0.29, 0.717) is 5.69 Å². The quantitative estimate of drug-likeness (QED) is 0.778. The van der Waals surface area contributed by atoms with Crippen molar-refractivity contribution in [3.05, 3.63) is 59.7 Å². The molecule has 0 heterocycles. The lowest BCUT2D eigenvalue weighted by atomic mass is 10.2. The van der Waals surface area contributed by atoms with Crippen molar-refractivity contribution >= 4 is 15.7 Å². The highest BCUT2D eigenvalue weighted by Gasteiger charge is 2.29. The Morgan fingerprint density at radius 1 is 0.917 bits per heavy atom. The molecule has 24 heavy (non-hydrogen) atoms. The molecule has 0 aliphatic carbocycles. The summed E-state index contributed by atoms with van der Waals surface area (Å²) in [7, 11) is -3.60. The van der Waals surface area contributed by atoms with Crippen molar-refractivity contribution in [2.24, 2.45) is 0 Å². The second kappa shape index (κ2) is 7.23. The van der Waals surface area contributed by atoms with Crippen molar-refractivity contribution in [1.82, 2.24) is 4.72 Å². The topological polar surface area (TPSA) is 58.2 Å². The van der Waals surface area contributed by atoms with Crippen LogP contribution < -0.4 is 10.0 Å². The van der Waals surface area contributed by atoms with Crippen LogP contribution in [0.25, 0.3) is 0 Å². The number of halogens is 3. The Morgan fingerprint density at radius 2 is 1.50 bits per heavy atom. The van der Waals surface area contributed by atoms with Gasteiger partial charge >= 0.3 is 6.18 Å². The number of hydrogen-bond acceptors (Lipinski definition) is 3. The van der Waals surface area contributed by atoms with Crippen LogP contribution in [0.4, 0.5) is 18.9 Å². The summed E-state index contributed by atoms with van der Waals surface area (Å²) in [6, 6.07) is 11.0. The molecule has 0 radical (unpaired) electrons. The largest absolute Gasteiger partial charge is 0.416 e. The molecule has 0 spiro atoms. The van der Waals surface area contributed by atoms with Gasteiger partial charge in [0, 0.05) is 18.8 Å². The Bertz CT molecular complexity index is 770. The second-order valence-electron chi connectivity index (χ2n) is 5.21. The Balaban J connectivity index is 1.85. The van der Waals surface area contributed by atoms with Gasteiger partial charge in [-0.15, -0.1) is 0 Å². The molecule has 2 aromatic carbocycles. The van der Waals surface area contributed by atoms with Crippen LogP contribution in [0.15, 0.2) is 53.4 Å². The molecular weight excluding hydrogens is 341 g/mol. The molecule has 8 heteroatoms. The number of anilines is 1. The highest BCUT2D eigenvalue weighted by Crippen LogP contribution is 2.29. The van der Waals surface area contributed by atoms with Crippen LogP contribution in [0.2, 0.25) is 0 Å². The average Bonchev–Trinajstić information content (AvgIpc) is 2.52. The van der Waals surface area contributed by atoms with Gasteiger partial charge in [-0.2, -0.15) is 13.2 Å². The number of sulfonamides is 1. The van der Waals surface area contributed by atoms with E-state index in [1.54, 1.807) is 12.1 Å². The van der Waals surface area contributed by atoms with Gasteiger partial charge in [0.1, 0.15) is 0 Å². The predicted octanol–water partition coefficient (Wildman–Crippen LogP) is 3.40. The van der Waals surface area contributed by atoms with E-state index in [1.807, 2.05) is 6.92 Å². The molecule has 0 bridgehead atoms. The third-order valence-corrected chi connectivity index (χ3v) is 4.77. The zero-order valence-electron chi connectivity index (χ0n) is 12.9. The van der Waals surface area contributed by atoms with E-state index >= 15 is 0 Å². The molecule has 0 atom stereocenters. The SMILES string of the molecule is Cc1ccc(S(=O)(=O)NCCNc2ccc(C(F)(F)F)cc2)cc1. The van der Waals surface area contributed by atoms with Gasteiger partial charge in [-0.25, -0.2) is 13.1 Å². The molecule has 2 N–H and O–H groups in total. The normalized spacial score (nSPS) is 12.2. The second-order valence-corrected chi connectivity index (χ2v) is 6.98. The van der Waals surface area contributed by atoms with Gasteiger partial charge in [-0.1, -0.05) is 17.7 Å². The maximum atomic E-state index is 12.4. The standard InChI is InChI=1S/C16H17F3N2O2S/c1-12-2-8-15(9-3-12)24(22,23)21-11-10-20-14-6-4-13(5-7-14)16(17,18)19/h2-9,20-21H,10-11H2,1H3. The molecule has 4 nitrogen and oxygen atoms in total. The summed E-state index contributed by atoms with van der Waals surface area (Å²) in [5, 5.41) is 2.86. The summed E-state index contributed by atoms with van der Waals surface area (Å²) in [4.78, 5) is 0.169. The summed E-state index contributed by atoms with van der Waals surface area (Å²) >= 11 is 0. The molecule has 0 saturated carbocycles. The Hall–Kier alpha value is -2.06. The Labute approximate surface area is 138 Å². The van der Waals surface area contributed by atoms with Crippen molar-refractivity contribution in [1.29, 1.82) is 0 Å². The van der Waals surface area contributed by atoms with Gasteiger partial charge in [-0.3, -0.25) is 0 Å². The van der Waals surface area contributed by atoms with E-state index in [-0.39, 0.29) is 18.0 Å². The number of aryl methyl sites for hydroxylation is 1. The van der Waals surface area contributed by atoms with E-state index in [9.17, 15) is 21.6 Å². The van der Waals surface area contributed by atoms with Crippen LogP contribution >= 0.6 is 0 Å². The molecule has 0 fully saturated rings. The van der Waals surface area contributed by atoms with E-state index in [4.69, 9.17) is 0 Å². The van der Waals surface area contributed by atoms with Crippen molar-refractivity contribution in [2.45, 2.75) is 18.0 Å². The zero-order valence-corrected chi connectivity index (χ0v) is 13.7. The molecule has 0 aromatic heterocycles. The van der Waals surface area contributed by atoms with Crippen LogP contribution in [0.5, 0.6) is 0 Å². The van der Waals surface area contributed by atoms with Crippen LogP contribution in [0.3, 0.4) is 0 Å². The monoisotopic (exact) mass is 358 g/mol. The van der Waals surface area contributed by atoms with E-state index in [2.05, 4.69) is 10.0 Å². The molecule has 2 aromatic rings. The smallest absolute Gasteiger partial charge is 0.384 e. The summed E-state index contributed by atoms with van der Waals surface area (Å²) in [5.41, 5.74) is 0.712. The third-order valence-electron chi connectivity index (χ3n) is 3.29. The van der Waals surface area contributed by atoms with Crippen molar-refractivity contribution in [3.63, 3.8) is 0 Å². The Kier molecular flexibility index (Phi) is 5.51. The Morgan fingerprint density at radius 3 is 2.04 bits per heavy atom. The lowest BCUT2D eigenvalue weighted by molar-refractivity contribution is -0.137. The van der Waals surface area contributed by atoms with E-state index in [1.165, 1.54) is 24.3 Å². The minimum absolute atomic E-state index is 0.108. The molecule has 0 saturated heterocycles. The van der Waals surface area contributed by atoms with E-state index < -0.39 is 21.8 Å². The van der Waals surface area contributed by atoms with Crippen LogP contribution in [-0.4, -0.2) is 21.5 Å². The maximum absolute atomic E-state index is 12.4. The first-order valence-electron chi connectivity index (χ1n) is 7.16. The number of hydrogen-bond donors (Lipinski definition) is 2. The average molecular weight is 358 g/mol. The first-order valence-corrected chi connectivity index (χ1v) is 8.64. The highest BCUT2D eigenvalue weighted by molar-refractivity contribution is 7.89. The van der Waals surface area contributed by atoms with Gasteiger partial charge in [0.05, 0.1) is 10.5 Å². The van der Waals surface area contributed by atoms with Crippen molar-refractivity contribution in [2.75, 3.05) is 18.4 Å². The van der Waals surface area contributed by atoms with Gasteiger partial charge in [-0.05, 0) is 43.3 Å². The van der Waals surface area contributed by atoms with Crippen LogP contribution in [0.1, 0.15) is 11.1 Å². The van der Waals surface area contributed by atoms with Crippen LogP contribution in [0, 0.1) is 6.92 Å². The first-order chi connectivity index (χ1) is 11.2. The summed E-state index contributed by atoms with van der Waals surface area (Å²) in [6.45, 7) is 2.21. The molecule has 0 unspecified atom stereocenters. The summed E-state index contributed by atoms with van der Waals surface area (Å²) in [5.74, 6) is 0. The van der Waals surface area contributed by atoms with Crippen molar-refractivity contribution < 1.29 is 21.6 Å². The van der Waals surface area contributed by atoms with Crippen LogP contribution in [-0.2, 0) is 16.2 Å². The highest BCUT2D eigenvalue weighted by atomic mass is 32.2. The van der Waals surface area contributed by atoms with Gasteiger partial charge in [0.2, 0.25) is 10.0 Å². The molecule has 0 amide bonds. The fraction of sp³-hybridized carbons (Fsp3) is 0.250. The molecule has 0 aliphatic rings.